The van der Waals surface area contributed by atoms with Gasteiger partial charge in [0.25, 0.3) is 0 Å². The van der Waals surface area contributed by atoms with E-state index in [1.165, 1.54) is 17.8 Å². The van der Waals surface area contributed by atoms with E-state index in [2.05, 4.69) is 20.6 Å². The summed E-state index contributed by atoms with van der Waals surface area (Å²) in [7, 11) is 0. The lowest BCUT2D eigenvalue weighted by molar-refractivity contribution is -0.113. The Morgan fingerprint density at radius 2 is 2.08 bits per heavy atom. The predicted octanol–water partition coefficient (Wildman–Crippen LogP) is 3.35. The van der Waals surface area contributed by atoms with Crippen LogP contribution in [0.4, 0.5) is 10.2 Å². The van der Waals surface area contributed by atoms with Crippen molar-refractivity contribution in [1.29, 1.82) is 0 Å². The number of thioether (sulfide) groups is 1. The van der Waals surface area contributed by atoms with E-state index in [4.69, 9.17) is 9.05 Å². The standard InChI is InChI=1S/C16H15FN4O3S/c1-9-3-4-11(6-12(9)17)16-19-15(24-21-16)8-25-7-14(22)18-13-5-10(2)23-20-13/h3-6H,7-8H2,1-2H3,(H,18,20,22). The average Bonchev–Trinajstić information content (AvgIpc) is 3.19. The van der Waals surface area contributed by atoms with Crippen LogP contribution >= 0.6 is 11.8 Å². The van der Waals surface area contributed by atoms with E-state index in [0.29, 0.717) is 40.2 Å². The molecule has 0 radical (unpaired) electrons. The summed E-state index contributed by atoms with van der Waals surface area (Å²) in [5.41, 5.74) is 1.10. The Balaban J connectivity index is 1.51. The number of halogens is 1. The molecule has 3 rings (SSSR count). The second-order valence-corrected chi connectivity index (χ2v) is 6.33. The van der Waals surface area contributed by atoms with E-state index in [1.54, 1.807) is 32.0 Å². The third kappa shape index (κ3) is 4.44. The minimum atomic E-state index is -0.321. The Labute approximate surface area is 147 Å². The Hall–Kier alpha value is -2.68. The SMILES string of the molecule is Cc1cc(NC(=O)CSCc2nc(-c3ccc(C)c(F)c3)no2)no1. The minimum absolute atomic E-state index is 0.197. The molecule has 9 heteroatoms. The summed E-state index contributed by atoms with van der Waals surface area (Å²) in [5.74, 6) is 1.72. The molecule has 0 saturated carbocycles. The molecular formula is C16H15FN4O3S. The summed E-state index contributed by atoms with van der Waals surface area (Å²) in [6.07, 6.45) is 0. The van der Waals surface area contributed by atoms with Crippen molar-refractivity contribution in [1.82, 2.24) is 15.3 Å². The molecular weight excluding hydrogens is 347 g/mol. The maximum Gasteiger partial charge on any atom is 0.236 e. The molecule has 0 unspecified atom stereocenters. The molecule has 1 amide bonds. The molecule has 0 saturated heterocycles. The fourth-order valence-electron chi connectivity index (χ4n) is 2.00. The first-order valence-corrected chi connectivity index (χ1v) is 8.57. The average molecular weight is 362 g/mol. The lowest BCUT2D eigenvalue weighted by Gasteiger charge is -1.99. The number of hydrogen-bond donors (Lipinski definition) is 1. The summed E-state index contributed by atoms with van der Waals surface area (Å²) in [4.78, 5) is 16.0. The summed E-state index contributed by atoms with van der Waals surface area (Å²) >= 11 is 1.31. The molecule has 25 heavy (non-hydrogen) atoms. The van der Waals surface area contributed by atoms with Gasteiger partial charge in [-0.1, -0.05) is 22.4 Å². The predicted molar refractivity (Wildman–Crippen MR) is 90.5 cm³/mol. The summed E-state index contributed by atoms with van der Waals surface area (Å²) in [6.45, 7) is 3.42. The quantitative estimate of drug-likeness (QED) is 0.718. The van der Waals surface area contributed by atoms with Crippen LogP contribution in [0.2, 0.25) is 0 Å². The van der Waals surface area contributed by atoms with Gasteiger partial charge >= 0.3 is 0 Å². The molecule has 0 spiro atoms. The van der Waals surface area contributed by atoms with Crippen LogP contribution < -0.4 is 5.32 Å². The van der Waals surface area contributed by atoms with E-state index in [-0.39, 0.29) is 17.5 Å². The zero-order chi connectivity index (χ0) is 17.8. The number of aromatic nitrogens is 3. The van der Waals surface area contributed by atoms with E-state index in [0.717, 1.165) is 0 Å². The van der Waals surface area contributed by atoms with E-state index < -0.39 is 0 Å². The number of benzene rings is 1. The van der Waals surface area contributed by atoms with Gasteiger partial charge in [-0.3, -0.25) is 4.79 Å². The molecule has 0 fully saturated rings. The molecule has 0 atom stereocenters. The van der Waals surface area contributed by atoms with Crippen molar-refractivity contribution in [3.8, 4) is 11.4 Å². The molecule has 0 aliphatic heterocycles. The lowest BCUT2D eigenvalue weighted by atomic mass is 10.1. The molecule has 0 bridgehead atoms. The van der Waals surface area contributed by atoms with Crippen molar-refractivity contribution in [2.24, 2.45) is 0 Å². The van der Waals surface area contributed by atoms with E-state index in [1.807, 2.05) is 0 Å². The molecule has 2 aromatic heterocycles. The van der Waals surface area contributed by atoms with Crippen LogP contribution in [-0.4, -0.2) is 27.0 Å². The summed E-state index contributed by atoms with van der Waals surface area (Å²) in [5, 5.41) is 10.1. The van der Waals surface area contributed by atoms with Crippen LogP contribution in [0.1, 0.15) is 17.2 Å². The summed E-state index contributed by atoms with van der Waals surface area (Å²) in [6, 6.07) is 6.39. The Morgan fingerprint density at radius 3 is 2.80 bits per heavy atom. The van der Waals surface area contributed by atoms with Crippen molar-refractivity contribution in [3.63, 3.8) is 0 Å². The molecule has 2 heterocycles. The highest BCUT2D eigenvalue weighted by molar-refractivity contribution is 7.99. The van der Waals surface area contributed by atoms with Gasteiger partial charge in [0.1, 0.15) is 11.6 Å². The number of hydrogen-bond acceptors (Lipinski definition) is 7. The first-order chi connectivity index (χ1) is 12.0. The number of aryl methyl sites for hydroxylation is 2. The second-order valence-electron chi connectivity index (χ2n) is 5.34. The highest BCUT2D eigenvalue weighted by atomic mass is 32.2. The highest BCUT2D eigenvalue weighted by Crippen LogP contribution is 2.20. The van der Waals surface area contributed by atoms with Crippen LogP contribution in [0.3, 0.4) is 0 Å². The highest BCUT2D eigenvalue weighted by Gasteiger charge is 2.12. The Morgan fingerprint density at radius 1 is 1.24 bits per heavy atom. The zero-order valence-electron chi connectivity index (χ0n) is 13.6. The van der Waals surface area contributed by atoms with Gasteiger partial charge in [0.2, 0.25) is 17.6 Å². The Bertz CT molecular complexity index is 893. The zero-order valence-corrected chi connectivity index (χ0v) is 14.4. The number of carbonyl (C=O) groups excluding carboxylic acids is 1. The topological polar surface area (TPSA) is 94.1 Å². The number of rotatable bonds is 6. The van der Waals surface area contributed by atoms with E-state index in [9.17, 15) is 9.18 Å². The maximum atomic E-state index is 13.6. The molecule has 1 N–H and O–H groups in total. The number of amides is 1. The molecule has 3 aromatic rings. The van der Waals surface area contributed by atoms with Crippen molar-refractivity contribution in [2.45, 2.75) is 19.6 Å². The third-order valence-electron chi connectivity index (χ3n) is 3.25. The molecule has 1 aromatic carbocycles. The number of nitrogens with zero attached hydrogens (tertiary/aromatic N) is 3. The summed E-state index contributed by atoms with van der Waals surface area (Å²) < 4.78 is 23.6. The third-order valence-corrected chi connectivity index (χ3v) is 4.17. The van der Waals surface area contributed by atoms with Gasteiger partial charge < -0.3 is 14.4 Å². The monoisotopic (exact) mass is 362 g/mol. The molecule has 0 aliphatic rings. The minimum Gasteiger partial charge on any atom is -0.360 e. The van der Waals surface area contributed by atoms with Crippen molar-refractivity contribution in [3.05, 3.63) is 47.3 Å². The number of nitrogens with one attached hydrogen (secondary N) is 1. The molecule has 7 nitrogen and oxygen atoms in total. The van der Waals surface area contributed by atoms with Crippen LogP contribution in [0.5, 0.6) is 0 Å². The van der Waals surface area contributed by atoms with Gasteiger partial charge in [0, 0.05) is 11.6 Å². The maximum absolute atomic E-state index is 13.6. The van der Waals surface area contributed by atoms with Crippen molar-refractivity contribution in [2.75, 3.05) is 11.1 Å². The van der Waals surface area contributed by atoms with E-state index >= 15 is 0 Å². The second kappa shape index (κ2) is 7.47. The van der Waals surface area contributed by atoms with Gasteiger partial charge in [-0.2, -0.15) is 4.98 Å². The van der Waals surface area contributed by atoms with Crippen LogP contribution in [-0.2, 0) is 10.5 Å². The fraction of sp³-hybridized carbons (Fsp3) is 0.250. The van der Waals surface area contributed by atoms with Gasteiger partial charge in [-0.25, -0.2) is 4.39 Å². The normalized spacial score (nSPS) is 10.8. The number of carbonyl (C=O) groups is 1. The van der Waals surface area contributed by atoms with Crippen LogP contribution in [0.25, 0.3) is 11.4 Å². The Kier molecular flexibility index (Phi) is 5.13. The van der Waals surface area contributed by atoms with Crippen LogP contribution in [0, 0.1) is 19.7 Å². The van der Waals surface area contributed by atoms with Crippen molar-refractivity contribution < 1.29 is 18.2 Å². The van der Waals surface area contributed by atoms with Gasteiger partial charge in [0.15, 0.2) is 5.82 Å². The number of anilines is 1. The van der Waals surface area contributed by atoms with Crippen molar-refractivity contribution >= 4 is 23.5 Å². The first kappa shape index (κ1) is 17.2. The molecule has 130 valence electrons. The first-order valence-electron chi connectivity index (χ1n) is 7.41. The van der Waals surface area contributed by atoms with Gasteiger partial charge in [-0.05, 0) is 25.5 Å². The lowest BCUT2D eigenvalue weighted by Crippen LogP contribution is -2.14. The molecule has 0 aliphatic carbocycles. The van der Waals surface area contributed by atoms with Gasteiger partial charge in [-0.15, -0.1) is 11.8 Å². The van der Waals surface area contributed by atoms with Crippen LogP contribution in [0.15, 0.2) is 33.3 Å². The smallest absolute Gasteiger partial charge is 0.236 e. The van der Waals surface area contributed by atoms with Gasteiger partial charge in [0.05, 0.1) is 11.5 Å². The largest absolute Gasteiger partial charge is 0.360 e. The fourth-order valence-corrected chi connectivity index (χ4v) is 2.65.